The Bertz CT molecular complexity index is 1320. The minimum Gasteiger partial charge on any atom is -0.294 e. The fourth-order valence-electron chi connectivity index (χ4n) is 7.30. The van der Waals surface area contributed by atoms with Crippen molar-refractivity contribution in [1.29, 1.82) is 0 Å². The lowest BCUT2D eigenvalue weighted by Crippen LogP contribution is -2.47. The fourth-order valence-corrected chi connectivity index (χ4v) is 7.30. The molecular formula is C31H30N2O3. The van der Waals surface area contributed by atoms with Crippen LogP contribution in [0.2, 0.25) is 0 Å². The van der Waals surface area contributed by atoms with Gasteiger partial charge in [-0.3, -0.25) is 19.8 Å². The van der Waals surface area contributed by atoms with Gasteiger partial charge in [0, 0.05) is 30.1 Å². The summed E-state index contributed by atoms with van der Waals surface area (Å²) < 4.78 is 0. The minimum atomic E-state index is -0.536. The van der Waals surface area contributed by atoms with Crippen molar-refractivity contribution in [3.05, 3.63) is 117 Å². The second-order valence-electron chi connectivity index (χ2n) is 10.4. The van der Waals surface area contributed by atoms with Crippen LogP contribution in [-0.2, 0) is 4.79 Å². The zero-order valence-electron chi connectivity index (χ0n) is 20.3. The summed E-state index contributed by atoms with van der Waals surface area (Å²) in [6, 6.07) is 27.7. The third-order valence-electron chi connectivity index (χ3n) is 8.59. The molecule has 1 saturated carbocycles. The largest absolute Gasteiger partial charge is 0.294 e. The second kappa shape index (κ2) is 9.14. The minimum absolute atomic E-state index is 0.0574. The van der Waals surface area contributed by atoms with Crippen LogP contribution in [0.3, 0.4) is 0 Å². The summed E-state index contributed by atoms with van der Waals surface area (Å²) in [6.07, 6.45) is 6.74. The van der Waals surface area contributed by atoms with E-state index in [1.807, 2.05) is 42.5 Å². The van der Waals surface area contributed by atoms with Gasteiger partial charge < -0.3 is 0 Å². The highest BCUT2D eigenvalue weighted by Gasteiger charge is 2.65. The molecule has 2 aliphatic heterocycles. The molecule has 0 N–H and O–H groups in total. The van der Waals surface area contributed by atoms with E-state index in [4.69, 9.17) is 0 Å². The average Bonchev–Trinajstić information content (AvgIpc) is 3.49. The topological polar surface area (TPSA) is 63.4 Å². The summed E-state index contributed by atoms with van der Waals surface area (Å²) in [6.45, 7) is 0.911. The highest BCUT2D eigenvalue weighted by Crippen LogP contribution is 2.64. The van der Waals surface area contributed by atoms with E-state index in [1.54, 1.807) is 18.2 Å². The lowest BCUT2D eigenvalue weighted by molar-refractivity contribution is -0.385. The number of benzene rings is 3. The fraction of sp³-hybridized carbons (Fsp3) is 0.323. The Morgan fingerprint density at radius 1 is 0.917 bits per heavy atom. The van der Waals surface area contributed by atoms with E-state index in [0.717, 1.165) is 60.9 Å². The van der Waals surface area contributed by atoms with Crippen molar-refractivity contribution in [2.75, 3.05) is 6.54 Å². The number of hydrogen-bond donors (Lipinski definition) is 0. The summed E-state index contributed by atoms with van der Waals surface area (Å²) in [5.74, 6) is 0.217. The average molecular weight is 479 g/mol. The number of nitro groups is 1. The molecule has 1 spiro atoms. The Labute approximate surface area is 211 Å². The molecule has 0 radical (unpaired) electrons. The van der Waals surface area contributed by atoms with Gasteiger partial charge in [0.25, 0.3) is 5.69 Å². The Morgan fingerprint density at radius 3 is 2.39 bits per heavy atom. The first-order valence-corrected chi connectivity index (χ1v) is 12.9. The van der Waals surface area contributed by atoms with Gasteiger partial charge in [-0.2, -0.15) is 0 Å². The van der Waals surface area contributed by atoms with Gasteiger partial charge in [-0.25, -0.2) is 0 Å². The molecule has 2 saturated heterocycles. The normalized spacial score (nSPS) is 29.1. The molecule has 3 aromatic rings. The summed E-state index contributed by atoms with van der Waals surface area (Å²) in [7, 11) is 0. The predicted octanol–water partition coefficient (Wildman–Crippen LogP) is 6.72. The van der Waals surface area contributed by atoms with Crippen LogP contribution in [-0.4, -0.2) is 28.2 Å². The van der Waals surface area contributed by atoms with Crippen LogP contribution in [0.25, 0.3) is 6.08 Å². The SMILES string of the molecule is O=C1/C(=C/c2ccccc2)CCCC12C(c1ccccc1)C(c1cccc([N+](=O)[O-])c1)N1CCCC12. The number of nitro benzene ring substituents is 1. The van der Waals surface area contributed by atoms with Crippen molar-refractivity contribution in [2.24, 2.45) is 5.41 Å². The molecule has 2 heterocycles. The first-order valence-electron chi connectivity index (χ1n) is 12.9. The molecule has 5 heteroatoms. The van der Waals surface area contributed by atoms with Crippen LogP contribution in [0.5, 0.6) is 0 Å². The molecule has 6 rings (SSSR count). The zero-order chi connectivity index (χ0) is 24.7. The molecule has 3 aromatic carbocycles. The van der Waals surface area contributed by atoms with Crippen LogP contribution >= 0.6 is 0 Å². The Balaban J connectivity index is 1.53. The number of hydrogen-bond acceptors (Lipinski definition) is 4. The van der Waals surface area contributed by atoms with Crippen molar-refractivity contribution in [2.45, 2.75) is 50.1 Å². The van der Waals surface area contributed by atoms with E-state index in [-0.39, 0.29) is 34.4 Å². The van der Waals surface area contributed by atoms with E-state index in [0.29, 0.717) is 0 Å². The van der Waals surface area contributed by atoms with Gasteiger partial charge in [-0.05, 0) is 67.0 Å². The number of Topliss-reactive ketones (excluding diaryl/α,β-unsaturated/α-hetero) is 1. The molecular weight excluding hydrogens is 448 g/mol. The van der Waals surface area contributed by atoms with E-state index in [1.165, 1.54) is 0 Å². The monoisotopic (exact) mass is 478 g/mol. The Kier molecular flexibility index (Phi) is 5.81. The number of carbonyl (C=O) groups is 1. The van der Waals surface area contributed by atoms with E-state index in [9.17, 15) is 14.9 Å². The van der Waals surface area contributed by atoms with E-state index >= 15 is 0 Å². The molecule has 3 aliphatic rings. The van der Waals surface area contributed by atoms with Crippen molar-refractivity contribution in [3.8, 4) is 0 Å². The van der Waals surface area contributed by atoms with Gasteiger partial charge in [-0.1, -0.05) is 72.8 Å². The van der Waals surface area contributed by atoms with Gasteiger partial charge in [0.1, 0.15) is 0 Å². The van der Waals surface area contributed by atoms with Crippen LogP contribution < -0.4 is 0 Å². The number of carbonyl (C=O) groups excluding carboxylic acids is 1. The molecule has 3 fully saturated rings. The molecule has 0 aromatic heterocycles. The highest BCUT2D eigenvalue weighted by atomic mass is 16.6. The summed E-state index contributed by atoms with van der Waals surface area (Å²) in [5, 5.41) is 11.6. The van der Waals surface area contributed by atoms with Gasteiger partial charge in [0.05, 0.1) is 10.3 Å². The molecule has 1 aliphatic carbocycles. The molecule has 4 unspecified atom stereocenters. The lowest BCUT2D eigenvalue weighted by Gasteiger charge is -2.42. The number of ketones is 1. The quantitative estimate of drug-likeness (QED) is 0.237. The Hall–Kier alpha value is -3.57. The lowest BCUT2D eigenvalue weighted by atomic mass is 9.58. The Morgan fingerprint density at radius 2 is 1.64 bits per heavy atom. The molecule has 4 atom stereocenters. The van der Waals surface area contributed by atoms with Gasteiger partial charge in [0.2, 0.25) is 0 Å². The standard InChI is InChI=1S/C31H30N2O3/c34-30-25(20-22-10-3-1-4-11-22)15-8-18-31(30)27-17-9-19-32(27)29(28(31)23-12-5-2-6-13-23)24-14-7-16-26(21-24)33(35)36/h1-7,10-14,16,20-21,27-29H,8-9,15,17-19H2/b25-20+. The predicted molar refractivity (Wildman–Crippen MR) is 140 cm³/mol. The molecule has 0 amide bonds. The first-order chi connectivity index (χ1) is 17.6. The molecule has 0 bridgehead atoms. The second-order valence-corrected chi connectivity index (χ2v) is 10.4. The maximum absolute atomic E-state index is 14.6. The summed E-state index contributed by atoms with van der Waals surface area (Å²) in [4.78, 5) is 28.5. The number of non-ortho nitro benzene ring substituents is 1. The molecule has 5 nitrogen and oxygen atoms in total. The van der Waals surface area contributed by atoms with E-state index in [2.05, 4.69) is 35.2 Å². The summed E-state index contributed by atoms with van der Waals surface area (Å²) >= 11 is 0. The smallest absolute Gasteiger partial charge is 0.269 e. The van der Waals surface area contributed by atoms with Gasteiger partial charge in [-0.15, -0.1) is 0 Å². The van der Waals surface area contributed by atoms with Crippen molar-refractivity contribution < 1.29 is 9.72 Å². The van der Waals surface area contributed by atoms with Crippen molar-refractivity contribution in [1.82, 2.24) is 4.90 Å². The highest BCUT2D eigenvalue weighted by molar-refractivity contribution is 6.05. The van der Waals surface area contributed by atoms with Crippen LogP contribution in [0.1, 0.15) is 60.8 Å². The summed E-state index contributed by atoms with van der Waals surface area (Å²) in [5.41, 5.74) is 3.64. The molecule has 182 valence electrons. The first kappa shape index (κ1) is 22.9. The van der Waals surface area contributed by atoms with Crippen LogP contribution in [0.15, 0.2) is 90.5 Å². The maximum Gasteiger partial charge on any atom is 0.269 e. The van der Waals surface area contributed by atoms with E-state index < -0.39 is 5.41 Å². The van der Waals surface area contributed by atoms with Crippen LogP contribution in [0.4, 0.5) is 5.69 Å². The number of allylic oxidation sites excluding steroid dienone is 1. The maximum atomic E-state index is 14.6. The zero-order valence-corrected chi connectivity index (χ0v) is 20.3. The van der Waals surface area contributed by atoms with Crippen molar-refractivity contribution >= 4 is 17.5 Å². The third-order valence-corrected chi connectivity index (χ3v) is 8.59. The van der Waals surface area contributed by atoms with Gasteiger partial charge in [0.15, 0.2) is 5.78 Å². The number of nitrogens with zero attached hydrogens (tertiary/aromatic N) is 2. The number of rotatable bonds is 4. The third kappa shape index (κ3) is 3.61. The van der Waals surface area contributed by atoms with Crippen molar-refractivity contribution in [3.63, 3.8) is 0 Å². The van der Waals surface area contributed by atoms with Crippen LogP contribution in [0, 0.1) is 15.5 Å². The number of fused-ring (bicyclic) bond motifs is 2. The van der Waals surface area contributed by atoms with Gasteiger partial charge >= 0.3 is 0 Å². The molecule has 36 heavy (non-hydrogen) atoms.